The van der Waals surface area contributed by atoms with Crippen molar-refractivity contribution in [2.75, 3.05) is 26.7 Å². The number of aromatic nitrogens is 1. The molecule has 1 aliphatic carbocycles. The molecule has 4 rings (SSSR count). The average Bonchev–Trinajstić information content (AvgIpc) is 2.97. The second-order valence-corrected chi connectivity index (χ2v) is 6.13. The minimum atomic E-state index is 1.03. The Labute approximate surface area is 132 Å². The Kier molecular flexibility index (Phi) is 6.16. The molecular weight excluding hydrogens is 274 g/mol. The highest BCUT2D eigenvalue weighted by Gasteiger charge is 2.40. The summed E-state index contributed by atoms with van der Waals surface area (Å²) in [6.45, 7) is 7.77. The first-order valence-corrected chi connectivity index (χ1v) is 7.98. The van der Waals surface area contributed by atoms with E-state index in [2.05, 4.69) is 46.9 Å². The van der Waals surface area contributed by atoms with E-state index >= 15 is 0 Å². The number of piperidine rings is 1. The number of aryl methyl sites for hydroxylation is 1. The van der Waals surface area contributed by atoms with E-state index in [0.29, 0.717) is 0 Å². The molecule has 22 heavy (non-hydrogen) atoms. The fourth-order valence-electron chi connectivity index (χ4n) is 3.03. The van der Waals surface area contributed by atoms with Gasteiger partial charge in [0, 0.05) is 17.1 Å². The van der Waals surface area contributed by atoms with E-state index in [1.165, 1.54) is 41.5 Å². The molecule has 1 saturated carbocycles. The molecule has 2 aromatic rings. The van der Waals surface area contributed by atoms with Gasteiger partial charge in [-0.2, -0.15) is 0 Å². The number of likely N-dealkylation sites (N-methyl/N-ethyl adjacent to an activating group) is 1. The van der Waals surface area contributed by atoms with Crippen molar-refractivity contribution in [3.63, 3.8) is 0 Å². The van der Waals surface area contributed by atoms with Crippen molar-refractivity contribution in [3.8, 4) is 0 Å². The predicted molar refractivity (Wildman–Crippen MR) is 92.3 cm³/mol. The van der Waals surface area contributed by atoms with Gasteiger partial charge in [0.2, 0.25) is 0 Å². The van der Waals surface area contributed by atoms with Gasteiger partial charge in [-0.25, -0.2) is 0 Å². The third kappa shape index (κ3) is 4.18. The normalized spacial score (nSPS) is 21.4. The number of nitrogens with one attached hydrogen (secondary N) is 3. The van der Waals surface area contributed by atoms with Crippen molar-refractivity contribution < 1.29 is 4.79 Å². The molecule has 2 heterocycles. The van der Waals surface area contributed by atoms with E-state index in [1.54, 1.807) is 0 Å². The third-order valence-electron chi connectivity index (χ3n) is 4.45. The van der Waals surface area contributed by atoms with Crippen LogP contribution in [0.25, 0.3) is 10.9 Å². The van der Waals surface area contributed by atoms with Gasteiger partial charge in [-0.15, -0.1) is 0 Å². The maximum atomic E-state index is 8.00. The van der Waals surface area contributed by atoms with Crippen molar-refractivity contribution in [2.45, 2.75) is 19.8 Å². The largest absolute Gasteiger partial charge is 0.361 e. The van der Waals surface area contributed by atoms with Crippen molar-refractivity contribution in [3.05, 3.63) is 35.5 Å². The fraction of sp³-hybridized carbons (Fsp3) is 0.500. The molecule has 1 aliphatic heterocycles. The van der Waals surface area contributed by atoms with Gasteiger partial charge in [0.15, 0.2) is 0 Å². The lowest BCUT2D eigenvalue weighted by Crippen LogP contribution is -2.10. The molecule has 2 atom stereocenters. The second-order valence-electron chi connectivity index (χ2n) is 6.13. The third-order valence-corrected chi connectivity index (χ3v) is 4.45. The molecule has 1 aromatic carbocycles. The number of aromatic amines is 1. The summed E-state index contributed by atoms with van der Waals surface area (Å²) in [7, 11) is 1.99. The maximum absolute atomic E-state index is 8.00. The lowest BCUT2D eigenvalue weighted by atomic mass is 10.1. The molecule has 2 fully saturated rings. The quantitative estimate of drug-likeness (QED) is 0.815. The van der Waals surface area contributed by atoms with Gasteiger partial charge in [-0.3, -0.25) is 0 Å². The smallest absolute Gasteiger partial charge is 0.106 e. The first-order chi connectivity index (χ1) is 10.8. The zero-order valence-electron chi connectivity index (χ0n) is 13.6. The molecule has 1 saturated heterocycles. The van der Waals surface area contributed by atoms with Gasteiger partial charge < -0.3 is 20.4 Å². The van der Waals surface area contributed by atoms with Crippen molar-refractivity contribution >= 4 is 17.7 Å². The van der Waals surface area contributed by atoms with Crippen LogP contribution in [0.5, 0.6) is 0 Å². The summed E-state index contributed by atoms with van der Waals surface area (Å²) in [6, 6.07) is 6.56. The predicted octanol–water partition coefficient (Wildman–Crippen LogP) is 2.28. The van der Waals surface area contributed by atoms with Crippen LogP contribution in [0.1, 0.15) is 17.5 Å². The molecule has 120 valence electrons. The zero-order chi connectivity index (χ0) is 15.9. The summed E-state index contributed by atoms with van der Waals surface area (Å²) in [5, 5.41) is 7.84. The molecule has 0 bridgehead atoms. The van der Waals surface area contributed by atoms with Gasteiger partial charge in [0.1, 0.15) is 6.79 Å². The first kappa shape index (κ1) is 16.7. The number of hydrogen-bond donors (Lipinski definition) is 3. The van der Waals surface area contributed by atoms with E-state index in [9.17, 15) is 0 Å². The standard InChI is InChI=1S/C12H16N2.C5H9N.CH2O/c1-9-3-4-11-10(5-6-13-2)8-14-12(11)7-9;1-4-2-6-3-5(1)4;1-2/h3-4,7-8,13-14H,5-6H2,1-2H3;4-6H,1-3H2;1H2. The lowest BCUT2D eigenvalue weighted by molar-refractivity contribution is -0.0979. The van der Waals surface area contributed by atoms with Crippen LogP contribution in [-0.4, -0.2) is 38.5 Å². The Morgan fingerprint density at radius 2 is 2.00 bits per heavy atom. The van der Waals surface area contributed by atoms with Crippen LogP contribution in [0.3, 0.4) is 0 Å². The Morgan fingerprint density at radius 1 is 1.27 bits per heavy atom. The zero-order valence-corrected chi connectivity index (χ0v) is 13.6. The van der Waals surface area contributed by atoms with Gasteiger partial charge in [-0.1, -0.05) is 12.1 Å². The molecule has 1 aromatic heterocycles. The van der Waals surface area contributed by atoms with Gasteiger partial charge >= 0.3 is 0 Å². The summed E-state index contributed by atoms with van der Waals surface area (Å²) in [6.07, 6.45) is 4.72. The molecule has 0 spiro atoms. The number of hydrogen-bond acceptors (Lipinski definition) is 3. The molecule has 0 radical (unpaired) electrons. The van der Waals surface area contributed by atoms with Crippen LogP contribution in [0.4, 0.5) is 0 Å². The van der Waals surface area contributed by atoms with Crippen LogP contribution in [0.2, 0.25) is 0 Å². The SMILES string of the molecule is C1NCC2CC12.C=O.CNCCc1c[nH]c2cc(C)ccc12. The summed E-state index contributed by atoms with van der Waals surface area (Å²) >= 11 is 0. The van der Waals surface area contributed by atoms with Crippen molar-refractivity contribution in [1.29, 1.82) is 0 Å². The number of benzene rings is 1. The summed E-state index contributed by atoms with van der Waals surface area (Å²) < 4.78 is 0. The second kappa shape index (κ2) is 8.11. The summed E-state index contributed by atoms with van der Waals surface area (Å²) in [5.74, 6) is 2.20. The van der Waals surface area contributed by atoms with E-state index in [4.69, 9.17) is 4.79 Å². The Bertz CT molecular complexity index is 585. The van der Waals surface area contributed by atoms with Gasteiger partial charge in [0.25, 0.3) is 0 Å². The molecule has 0 amide bonds. The molecule has 3 N–H and O–H groups in total. The van der Waals surface area contributed by atoms with E-state index < -0.39 is 0 Å². The molecule has 2 unspecified atom stereocenters. The van der Waals surface area contributed by atoms with E-state index in [-0.39, 0.29) is 0 Å². The highest BCUT2D eigenvalue weighted by molar-refractivity contribution is 5.83. The summed E-state index contributed by atoms with van der Waals surface area (Å²) in [5.41, 5.74) is 3.95. The van der Waals surface area contributed by atoms with Crippen LogP contribution < -0.4 is 10.6 Å². The van der Waals surface area contributed by atoms with Crippen LogP contribution in [0.15, 0.2) is 24.4 Å². The van der Waals surface area contributed by atoms with E-state index in [0.717, 1.165) is 24.8 Å². The number of H-pyrrole nitrogens is 1. The minimum Gasteiger partial charge on any atom is -0.361 e. The van der Waals surface area contributed by atoms with Gasteiger partial charge in [0.05, 0.1) is 0 Å². The number of rotatable bonds is 3. The highest BCUT2D eigenvalue weighted by Crippen LogP contribution is 2.40. The Hall–Kier alpha value is -1.65. The first-order valence-electron chi connectivity index (χ1n) is 7.98. The van der Waals surface area contributed by atoms with Crippen LogP contribution in [0, 0.1) is 18.8 Å². The van der Waals surface area contributed by atoms with E-state index in [1.807, 2.05) is 13.8 Å². The van der Waals surface area contributed by atoms with Crippen molar-refractivity contribution in [1.82, 2.24) is 15.6 Å². The number of fused-ring (bicyclic) bond motifs is 2. The van der Waals surface area contributed by atoms with Crippen LogP contribution >= 0.6 is 0 Å². The molecular formula is C18H27N3O. The Morgan fingerprint density at radius 3 is 2.55 bits per heavy atom. The monoisotopic (exact) mass is 301 g/mol. The minimum absolute atomic E-state index is 1.03. The highest BCUT2D eigenvalue weighted by atomic mass is 16.1. The molecule has 2 aliphatic rings. The maximum Gasteiger partial charge on any atom is 0.106 e. The average molecular weight is 301 g/mol. The van der Waals surface area contributed by atoms with Gasteiger partial charge in [-0.05, 0) is 75.5 Å². The lowest BCUT2D eigenvalue weighted by Gasteiger charge is -1.98. The summed E-state index contributed by atoms with van der Waals surface area (Å²) in [4.78, 5) is 11.3. The number of carbonyl (C=O) groups excluding carboxylic acids is 1. The topological polar surface area (TPSA) is 56.9 Å². The fourth-order valence-corrected chi connectivity index (χ4v) is 3.03. The van der Waals surface area contributed by atoms with Crippen LogP contribution in [-0.2, 0) is 11.2 Å². The van der Waals surface area contributed by atoms with Crippen molar-refractivity contribution in [2.24, 2.45) is 11.8 Å². The molecule has 4 nitrogen and oxygen atoms in total. The molecule has 4 heteroatoms. The number of carbonyl (C=O) groups is 1. The Balaban J connectivity index is 0.000000181.